The highest BCUT2D eigenvalue weighted by atomic mass is 35.5. The van der Waals surface area contributed by atoms with Crippen LogP contribution in [0.5, 0.6) is 11.6 Å². The van der Waals surface area contributed by atoms with Crippen molar-refractivity contribution in [1.82, 2.24) is 14.9 Å². The first-order valence-electron chi connectivity index (χ1n) is 10.0. The van der Waals surface area contributed by atoms with Gasteiger partial charge in [0.1, 0.15) is 11.4 Å². The van der Waals surface area contributed by atoms with Gasteiger partial charge in [-0.05, 0) is 54.7 Å². The number of aromatic hydroxyl groups is 1. The van der Waals surface area contributed by atoms with E-state index in [1.165, 1.54) is 0 Å². The number of aromatic nitrogens is 1. The zero-order chi connectivity index (χ0) is 22.7. The fraction of sp³-hybridized carbons (Fsp3) is 0.286. The highest BCUT2D eigenvalue weighted by Crippen LogP contribution is 2.37. The van der Waals surface area contributed by atoms with Crippen molar-refractivity contribution in [3.8, 4) is 11.6 Å². The molecule has 2 heterocycles. The fourth-order valence-electron chi connectivity index (χ4n) is 3.86. The molecule has 168 valence electrons. The number of hydrogen-bond acceptors (Lipinski definition) is 7. The predicted molar refractivity (Wildman–Crippen MR) is 131 cm³/mol. The molecule has 0 bridgehead atoms. The normalized spacial score (nSPS) is 14.4. The maximum absolute atomic E-state index is 10.9. The molecule has 0 saturated carbocycles. The van der Waals surface area contributed by atoms with E-state index in [4.69, 9.17) is 28.6 Å². The van der Waals surface area contributed by atoms with Gasteiger partial charge in [0, 0.05) is 47.5 Å². The third-order valence-corrected chi connectivity index (χ3v) is 5.94. The van der Waals surface area contributed by atoms with Crippen molar-refractivity contribution in [2.45, 2.75) is 6.67 Å². The van der Waals surface area contributed by atoms with Crippen LogP contribution >= 0.6 is 23.8 Å². The van der Waals surface area contributed by atoms with E-state index >= 15 is 0 Å². The number of fused-ring (bicyclic) bond motifs is 1. The molecule has 0 unspecified atom stereocenters. The second-order valence-electron chi connectivity index (χ2n) is 7.38. The van der Waals surface area contributed by atoms with E-state index in [2.05, 4.69) is 38.0 Å². The molecule has 32 heavy (non-hydrogen) atoms. The van der Waals surface area contributed by atoms with Crippen molar-refractivity contribution >= 4 is 51.2 Å². The fourth-order valence-corrected chi connectivity index (χ4v) is 4.08. The molecule has 1 aliphatic heterocycles. The lowest BCUT2D eigenvalue weighted by atomic mass is 10.2. The van der Waals surface area contributed by atoms with Gasteiger partial charge in [-0.15, -0.1) is 4.91 Å². The van der Waals surface area contributed by atoms with Crippen LogP contribution in [-0.4, -0.2) is 53.0 Å². The standard InChI is InChI=1S/C21H23ClN6O3S/c1-31-16-5-3-15(4-6-16)27-10-8-26(9-11-27)13-28-18-7-2-14(22)12-17(18)19(20(28)29)23-24-21(32)25-30/h2-7,12,23,29H,8-11,13H2,1H3,(H,24,32). The lowest BCUT2D eigenvalue weighted by Crippen LogP contribution is -2.46. The van der Waals surface area contributed by atoms with E-state index < -0.39 is 0 Å². The molecule has 0 aliphatic carbocycles. The molecule has 1 aromatic heterocycles. The molecule has 9 nitrogen and oxygen atoms in total. The average Bonchev–Trinajstić information content (AvgIpc) is 3.07. The van der Waals surface area contributed by atoms with E-state index in [1.807, 2.05) is 18.2 Å². The van der Waals surface area contributed by atoms with Crippen LogP contribution in [0.25, 0.3) is 10.9 Å². The average molecular weight is 475 g/mol. The minimum atomic E-state index is -0.262. The number of hydrazine groups is 1. The maximum atomic E-state index is 10.9. The van der Waals surface area contributed by atoms with Gasteiger partial charge in [0.15, 0.2) is 0 Å². The van der Waals surface area contributed by atoms with E-state index in [0.717, 1.165) is 43.1 Å². The monoisotopic (exact) mass is 474 g/mol. The summed E-state index contributed by atoms with van der Waals surface area (Å²) in [5.41, 5.74) is 7.63. The predicted octanol–water partition coefficient (Wildman–Crippen LogP) is 3.76. The van der Waals surface area contributed by atoms with Gasteiger partial charge >= 0.3 is 0 Å². The number of piperazine rings is 1. The molecule has 2 aromatic carbocycles. The minimum absolute atomic E-state index is 0.0149. The van der Waals surface area contributed by atoms with Crippen LogP contribution < -0.4 is 20.5 Å². The number of nitrogens with zero attached hydrogens (tertiary/aromatic N) is 4. The van der Waals surface area contributed by atoms with Gasteiger partial charge in [-0.1, -0.05) is 11.6 Å². The summed E-state index contributed by atoms with van der Waals surface area (Å²) in [6.07, 6.45) is 0. The Balaban J connectivity index is 1.50. The Morgan fingerprint density at radius 2 is 1.91 bits per heavy atom. The molecule has 1 aliphatic rings. The van der Waals surface area contributed by atoms with Crippen LogP contribution in [0, 0.1) is 4.91 Å². The second-order valence-corrected chi connectivity index (χ2v) is 8.20. The number of thiocarbonyl (C=S) groups is 1. The van der Waals surface area contributed by atoms with Crippen LogP contribution in [0.15, 0.2) is 47.6 Å². The third kappa shape index (κ3) is 4.57. The summed E-state index contributed by atoms with van der Waals surface area (Å²) in [5.74, 6) is 0.854. The molecular weight excluding hydrogens is 452 g/mol. The summed E-state index contributed by atoms with van der Waals surface area (Å²) in [6.45, 7) is 3.89. The molecule has 3 aromatic rings. The largest absolute Gasteiger partial charge is 0.497 e. The Bertz CT molecular complexity index is 1130. The van der Waals surface area contributed by atoms with E-state index in [1.54, 1.807) is 23.8 Å². The van der Waals surface area contributed by atoms with Crippen LogP contribution in [0.4, 0.5) is 11.4 Å². The smallest absolute Gasteiger partial charge is 0.254 e. The molecule has 4 rings (SSSR count). The van der Waals surface area contributed by atoms with Crippen molar-refractivity contribution < 1.29 is 9.84 Å². The third-order valence-electron chi connectivity index (χ3n) is 5.53. The number of methoxy groups -OCH3 is 1. The van der Waals surface area contributed by atoms with Crippen molar-refractivity contribution in [2.24, 2.45) is 5.18 Å². The van der Waals surface area contributed by atoms with E-state index in [9.17, 15) is 10.0 Å². The van der Waals surface area contributed by atoms with Gasteiger partial charge in [0.05, 0.1) is 19.3 Å². The lowest BCUT2D eigenvalue weighted by Gasteiger charge is -2.36. The first-order chi connectivity index (χ1) is 15.5. The SMILES string of the molecule is COc1ccc(N2CCN(Cn3c(O)c(NNC(=S)N=O)c4cc(Cl)ccc43)CC2)cc1. The summed E-state index contributed by atoms with van der Waals surface area (Å²) in [5, 5.41) is 14.5. The summed E-state index contributed by atoms with van der Waals surface area (Å²) >= 11 is 10.9. The number of rotatable bonds is 6. The van der Waals surface area contributed by atoms with Crippen LogP contribution in [0.2, 0.25) is 5.02 Å². The Morgan fingerprint density at radius 3 is 2.56 bits per heavy atom. The Labute approximate surface area is 195 Å². The van der Waals surface area contributed by atoms with Gasteiger partial charge in [-0.2, -0.15) is 0 Å². The molecule has 11 heteroatoms. The van der Waals surface area contributed by atoms with Crippen molar-refractivity contribution in [3.05, 3.63) is 52.4 Å². The molecule has 0 spiro atoms. The Kier molecular flexibility index (Phi) is 6.63. The number of benzene rings is 2. The van der Waals surface area contributed by atoms with Gasteiger partial charge in [-0.3, -0.25) is 20.3 Å². The number of nitroso groups, excluding NO2 is 1. The minimum Gasteiger partial charge on any atom is -0.497 e. The van der Waals surface area contributed by atoms with Crippen LogP contribution in [-0.2, 0) is 6.67 Å². The zero-order valence-electron chi connectivity index (χ0n) is 17.4. The molecule has 0 atom stereocenters. The Hall–Kier alpha value is -3.08. The van der Waals surface area contributed by atoms with E-state index in [0.29, 0.717) is 22.8 Å². The van der Waals surface area contributed by atoms with Crippen molar-refractivity contribution in [2.75, 3.05) is 43.6 Å². The summed E-state index contributed by atoms with van der Waals surface area (Å²) in [4.78, 5) is 15.2. The van der Waals surface area contributed by atoms with Crippen LogP contribution in [0.1, 0.15) is 0 Å². The zero-order valence-corrected chi connectivity index (χ0v) is 19.0. The van der Waals surface area contributed by atoms with E-state index in [-0.39, 0.29) is 11.0 Å². The molecule has 1 saturated heterocycles. The van der Waals surface area contributed by atoms with Crippen molar-refractivity contribution in [3.63, 3.8) is 0 Å². The molecule has 1 fully saturated rings. The summed E-state index contributed by atoms with van der Waals surface area (Å²) in [7, 11) is 1.66. The summed E-state index contributed by atoms with van der Waals surface area (Å²) < 4.78 is 7.04. The van der Waals surface area contributed by atoms with Gasteiger partial charge in [0.25, 0.3) is 5.11 Å². The highest BCUT2D eigenvalue weighted by Gasteiger charge is 2.22. The number of nitrogens with one attached hydrogen (secondary N) is 2. The van der Waals surface area contributed by atoms with Gasteiger partial charge in [0.2, 0.25) is 5.88 Å². The molecular formula is C21H23ClN6O3S. The number of halogens is 1. The lowest BCUT2D eigenvalue weighted by molar-refractivity contribution is 0.200. The quantitative estimate of drug-likeness (QED) is 0.282. The first-order valence-corrected chi connectivity index (χ1v) is 10.8. The number of ether oxygens (including phenoxy) is 1. The maximum Gasteiger partial charge on any atom is 0.254 e. The molecule has 0 amide bonds. The summed E-state index contributed by atoms with van der Waals surface area (Å²) in [6, 6.07) is 13.4. The van der Waals surface area contributed by atoms with Gasteiger partial charge < -0.3 is 14.7 Å². The number of anilines is 2. The molecule has 3 N–H and O–H groups in total. The van der Waals surface area contributed by atoms with Crippen LogP contribution in [0.3, 0.4) is 0 Å². The number of hydrogen-bond donors (Lipinski definition) is 3. The highest BCUT2D eigenvalue weighted by molar-refractivity contribution is 7.80. The first kappa shape index (κ1) is 22.1. The molecule has 0 radical (unpaired) electrons. The van der Waals surface area contributed by atoms with Crippen molar-refractivity contribution in [1.29, 1.82) is 0 Å². The second kappa shape index (κ2) is 9.60. The topological polar surface area (TPSA) is 94.4 Å². The Morgan fingerprint density at radius 1 is 1.19 bits per heavy atom. The van der Waals surface area contributed by atoms with Gasteiger partial charge in [-0.25, -0.2) is 0 Å².